The van der Waals surface area contributed by atoms with Crippen molar-refractivity contribution in [1.82, 2.24) is 10.3 Å². The third-order valence-corrected chi connectivity index (χ3v) is 5.95. The first-order chi connectivity index (χ1) is 14.2. The second-order valence-electron chi connectivity index (χ2n) is 6.15. The van der Waals surface area contributed by atoms with Crippen molar-refractivity contribution in [3.8, 4) is 0 Å². The number of thiazole rings is 1. The quantitative estimate of drug-likeness (QED) is 0.399. The molecule has 3 aromatic rings. The molecule has 0 bridgehead atoms. The minimum atomic E-state index is -4.75. The molecule has 156 valence electrons. The van der Waals surface area contributed by atoms with Crippen LogP contribution in [-0.4, -0.2) is 16.6 Å². The maximum atomic E-state index is 14.1. The van der Waals surface area contributed by atoms with Crippen LogP contribution in [0.15, 0.2) is 52.9 Å². The lowest BCUT2D eigenvalue weighted by atomic mass is 10.1. The lowest BCUT2D eigenvalue weighted by Gasteiger charge is -2.15. The normalized spacial score (nSPS) is 12.1. The van der Waals surface area contributed by atoms with Gasteiger partial charge in [-0.05, 0) is 36.1 Å². The molecule has 4 nitrogen and oxygen atoms in total. The van der Waals surface area contributed by atoms with Crippen LogP contribution in [0.2, 0.25) is 0 Å². The van der Waals surface area contributed by atoms with Gasteiger partial charge in [0.2, 0.25) is 0 Å². The first-order valence-electron chi connectivity index (χ1n) is 8.52. The summed E-state index contributed by atoms with van der Waals surface area (Å²) >= 11 is 2.54. The fourth-order valence-electron chi connectivity index (χ4n) is 2.62. The predicted molar refractivity (Wildman–Crippen MR) is 110 cm³/mol. The van der Waals surface area contributed by atoms with E-state index in [0.29, 0.717) is 9.75 Å². The molecular formula is C20H15F4N3OS2. The standard InChI is InChI=1S/C20H15F4N3OS2/c1-11-6-7-29-18(11)17(27-12(2)16-9-25-10-30-16)19(28)26-8-13-14(20(22,23)24)4-3-5-15(13)21/h3-7,9-10H,2,8H2,1H3,(H,26,28). The predicted octanol–water partition coefficient (Wildman–Crippen LogP) is 5.45. The molecule has 1 N–H and O–H groups in total. The molecule has 0 saturated carbocycles. The van der Waals surface area contributed by atoms with E-state index in [-0.39, 0.29) is 11.4 Å². The van der Waals surface area contributed by atoms with Gasteiger partial charge in [-0.15, -0.1) is 22.7 Å². The Bertz CT molecular complexity index is 1100. The number of carbonyl (C=O) groups excluding carboxylic acids is 1. The Hall–Kier alpha value is -2.85. The number of alkyl halides is 3. The van der Waals surface area contributed by atoms with Gasteiger partial charge in [0.25, 0.3) is 5.91 Å². The van der Waals surface area contributed by atoms with E-state index in [9.17, 15) is 22.4 Å². The van der Waals surface area contributed by atoms with E-state index in [0.717, 1.165) is 23.8 Å². The zero-order valence-electron chi connectivity index (χ0n) is 15.6. The van der Waals surface area contributed by atoms with E-state index >= 15 is 0 Å². The van der Waals surface area contributed by atoms with Crippen molar-refractivity contribution in [1.29, 1.82) is 0 Å². The van der Waals surface area contributed by atoms with Crippen LogP contribution in [0.25, 0.3) is 5.70 Å². The van der Waals surface area contributed by atoms with Crippen molar-refractivity contribution < 1.29 is 22.4 Å². The largest absolute Gasteiger partial charge is 0.416 e. The number of nitrogens with one attached hydrogen (secondary N) is 1. The molecule has 2 aromatic heterocycles. The number of hydrogen-bond acceptors (Lipinski definition) is 5. The van der Waals surface area contributed by atoms with Crippen molar-refractivity contribution in [3.63, 3.8) is 0 Å². The molecule has 0 aliphatic carbocycles. The third-order valence-electron chi connectivity index (χ3n) is 4.11. The highest BCUT2D eigenvalue weighted by Crippen LogP contribution is 2.33. The van der Waals surface area contributed by atoms with Gasteiger partial charge in [0.1, 0.15) is 11.5 Å². The van der Waals surface area contributed by atoms with Crippen LogP contribution in [-0.2, 0) is 17.5 Å². The topological polar surface area (TPSA) is 54.4 Å². The number of carbonyl (C=O) groups is 1. The summed E-state index contributed by atoms with van der Waals surface area (Å²) < 4.78 is 53.7. The number of aliphatic imine (C=N–C) groups is 1. The van der Waals surface area contributed by atoms with Crippen LogP contribution in [0.4, 0.5) is 17.6 Å². The fourth-order valence-corrected chi connectivity index (χ4v) is 4.08. The lowest BCUT2D eigenvalue weighted by Crippen LogP contribution is -2.32. The van der Waals surface area contributed by atoms with Crippen molar-refractivity contribution in [2.75, 3.05) is 0 Å². The second kappa shape index (κ2) is 8.88. The number of amides is 1. The summed E-state index contributed by atoms with van der Waals surface area (Å²) in [4.78, 5) is 22.3. The molecular weight excluding hydrogens is 438 g/mol. The molecule has 2 heterocycles. The van der Waals surface area contributed by atoms with Gasteiger partial charge in [0, 0.05) is 18.3 Å². The Kier molecular flexibility index (Phi) is 6.47. The highest BCUT2D eigenvalue weighted by atomic mass is 32.1. The molecule has 0 unspecified atom stereocenters. The third kappa shape index (κ3) is 4.82. The van der Waals surface area contributed by atoms with Crippen molar-refractivity contribution in [3.05, 3.63) is 80.2 Å². The van der Waals surface area contributed by atoms with Crippen LogP contribution < -0.4 is 5.32 Å². The van der Waals surface area contributed by atoms with Gasteiger partial charge in [0.05, 0.1) is 26.5 Å². The van der Waals surface area contributed by atoms with Crippen molar-refractivity contribution in [2.45, 2.75) is 19.6 Å². The van der Waals surface area contributed by atoms with Crippen LogP contribution in [0.1, 0.15) is 26.4 Å². The van der Waals surface area contributed by atoms with Gasteiger partial charge in [-0.1, -0.05) is 12.6 Å². The summed E-state index contributed by atoms with van der Waals surface area (Å²) in [5.41, 5.74) is 0.865. The number of halogens is 4. The van der Waals surface area contributed by atoms with Gasteiger partial charge < -0.3 is 5.32 Å². The average Bonchev–Trinajstić information content (AvgIpc) is 3.35. The number of nitrogens with zero attached hydrogens (tertiary/aromatic N) is 2. The number of aryl methyl sites for hydroxylation is 1. The fraction of sp³-hybridized carbons (Fsp3) is 0.150. The maximum absolute atomic E-state index is 14.1. The number of thiophene rings is 1. The van der Waals surface area contributed by atoms with Crippen molar-refractivity contribution >= 4 is 40.0 Å². The Morgan fingerprint density at radius 1 is 1.27 bits per heavy atom. The van der Waals surface area contributed by atoms with E-state index in [1.807, 2.05) is 0 Å². The molecule has 0 saturated heterocycles. The summed E-state index contributed by atoms with van der Waals surface area (Å²) in [7, 11) is 0. The Labute approximate surface area is 177 Å². The number of hydrogen-bond donors (Lipinski definition) is 1. The minimum Gasteiger partial charge on any atom is -0.346 e. The van der Waals surface area contributed by atoms with Crippen LogP contribution >= 0.6 is 22.7 Å². The van der Waals surface area contributed by atoms with Gasteiger partial charge in [-0.25, -0.2) is 9.38 Å². The van der Waals surface area contributed by atoms with Crippen LogP contribution in [0, 0.1) is 12.7 Å². The summed E-state index contributed by atoms with van der Waals surface area (Å²) in [6.45, 7) is 4.97. The Morgan fingerprint density at radius 3 is 2.63 bits per heavy atom. The molecule has 0 radical (unpaired) electrons. The monoisotopic (exact) mass is 453 g/mol. The molecule has 1 aromatic carbocycles. The van der Waals surface area contributed by atoms with Crippen molar-refractivity contribution in [2.24, 2.45) is 4.99 Å². The summed E-state index contributed by atoms with van der Waals surface area (Å²) in [5, 5.41) is 4.13. The smallest absolute Gasteiger partial charge is 0.346 e. The molecule has 10 heteroatoms. The number of benzene rings is 1. The zero-order chi connectivity index (χ0) is 21.9. The summed E-state index contributed by atoms with van der Waals surface area (Å²) in [5.74, 6) is -1.78. The lowest BCUT2D eigenvalue weighted by molar-refractivity contribution is -0.138. The molecule has 0 atom stereocenters. The summed E-state index contributed by atoms with van der Waals surface area (Å²) in [6, 6.07) is 4.46. The molecule has 1 amide bonds. The minimum absolute atomic E-state index is 0.00852. The zero-order valence-corrected chi connectivity index (χ0v) is 17.2. The first kappa shape index (κ1) is 21.8. The van der Waals surface area contributed by atoms with E-state index in [1.165, 1.54) is 22.7 Å². The number of aromatic nitrogens is 1. The van der Waals surface area contributed by atoms with Gasteiger partial charge in [-0.3, -0.25) is 9.78 Å². The van der Waals surface area contributed by atoms with Crippen LogP contribution in [0.5, 0.6) is 0 Å². The molecule has 0 aliphatic heterocycles. The average molecular weight is 453 g/mol. The Balaban J connectivity index is 1.91. The van der Waals surface area contributed by atoms with E-state index in [1.54, 1.807) is 30.1 Å². The number of rotatable bonds is 6. The SMILES string of the molecule is C=C(N=C(C(=O)NCc1c(F)cccc1C(F)(F)F)c1sccc1C)c1cncs1. The van der Waals surface area contributed by atoms with E-state index < -0.39 is 35.6 Å². The van der Waals surface area contributed by atoms with Gasteiger partial charge in [0.15, 0.2) is 0 Å². The highest BCUT2D eigenvalue weighted by molar-refractivity contribution is 7.13. The molecule has 30 heavy (non-hydrogen) atoms. The van der Waals surface area contributed by atoms with E-state index in [2.05, 4.69) is 21.9 Å². The van der Waals surface area contributed by atoms with Gasteiger partial charge >= 0.3 is 6.18 Å². The first-order valence-corrected chi connectivity index (χ1v) is 10.3. The highest BCUT2D eigenvalue weighted by Gasteiger charge is 2.34. The molecule has 3 rings (SSSR count). The second-order valence-corrected chi connectivity index (χ2v) is 7.95. The molecule has 0 spiro atoms. The molecule has 0 fully saturated rings. The molecule has 0 aliphatic rings. The van der Waals surface area contributed by atoms with Crippen LogP contribution in [0.3, 0.4) is 0 Å². The summed E-state index contributed by atoms with van der Waals surface area (Å²) in [6.07, 6.45) is -3.20. The maximum Gasteiger partial charge on any atom is 0.416 e. The van der Waals surface area contributed by atoms with E-state index in [4.69, 9.17) is 0 Å². The van der Waals surface area contributed by atoms with Gasteiger partial charge in [-0.2, -0.15) is 13.2 Å². The Morgan fingerprint density at radius 2 is 2.03 bits per heavy atom.